The van der Waals surface area contributed by atoms with Crippen LogP contribution in [0.25, 0.3) is 4.96 Å². The summed E-state index contributed by atoms with van der Waals surface area (Å²) in [5.74, 6) is 0.0803. The molecule has 0 aliphatic carbocycles. The number of hydrogen-bond donors (Lipinski definition) is 1. The number of thiazole rings is 1. The second-order valence-electron chi connectivity index (χ2n) is 4.01. The van der Waals surface area contributed by atoms with Crippen LogP contribution < -0.4 is 5.32 Å². The summed E-state index contributed by atoms with van der Waals surface area (Å²) >= 11 is 1.29. The third kappa shape index (κ3) is 3.20. The van der Waals surface area contributed by atoms with Gasteiger partial charge in [-0.05, 0) is 11.3 Å². The van der Waals surface area contributed by atoms with Crippen LogP contribution in [0, 0.1) is 10.1 Å². The van der Waals surface area contributed by atoms with Crippen molar-refractivity contribution in [1.82, 2.24) is 9.38 Å². The van der Waals surface area contributed by atoms with Gasteiger partial charge in [-0.15, -0.1) is 0 Å². The quantitative estimate of drug-likeness (QED) is 0.487. The maximum absolute atomic E-state index is 11.0. The van der Waals surface area contributed by atoms with E-state index in [1.54, 1.807) is 11.6 Å². The van der Waals surface area contributed by atoms with Gasteiger partial charge in [0.15, 0.2) is 0 Å². The highest BCUT2D eigenvalue weighted by Crippen LogP contribution is 2.27. The summed E-state index contributed by atoms with van der Waals surface area (Å²) in [6.45, 7) is 0.318. The molecule has 0 unspecified atom stereocenters. The number of aromatic nitrogens is 2. The van der Waals surface area contributed by atoms with Crippen LogP contribution in [0.5, 0.6) is 0 Å². The largest absolute Gasteiger partial charge is 0.372 e. The van der Waals surface area contributed by atoms with Gasteiger partial charge in [0.05, 0.1) is 5.75 Å². The third-order valence-corrected chi connectivity index (χ3v) is 4.18. The van der Waals surface area contributed by atoms with E-state index in [1.807, 2.05) is 0 Å². The Morgan fingerprint density at radius 2 is 2.32 bits per heavy atom. The molecule has 2 heterocycles. The Hall–Kier alpha value is -1.68. The zero-order valence-corrected chi connectivity index (χ0v) is 11.7. The molecule has 8 nitrogen and oxygen atoms in total. The van der Waals surface area contributed by atoms with Gasteiger partial charge in [0.2, 0.25) is 5.82 Å². The summed E-state index contributed by atoms with van der Waals surface area (Å²) in [4.78, 5) is 15.1. The normalized spacial score (nSPS) is 11.8. The first-order chi connectivity index (χ1) is 8.88. The molecule has 0 radical (unpaired) electrons. The minimum absolute atomic E-state index is 0.0377. The van der Waals surface area contributed by atoms with Crippen LogP contribution >= 0.6 is 11.3 Å². The van der Waals surface area contributed by atoms with Crippen molar-refractivity contribution in [2.45, 2.75) is 6.42 Å². The minimum Gasteiger partial charge on any atom is -0.363 e. The smallest absolute Gasteiger partial charge is 0.363 e. The Kier molecular flexibility index (Phi) is 3.71. The van der Waals surface area contributed by atoms with Crippen LogP contribution in [0.4, 0.5) is 11.6 Å². The van der Waals surface area contributed by atoms with Crippen LogP contribution in [-0.2, 0) is 9.84 Å². The van der Waals surface area contributed by atoms with E-state index in [9.17, 15) is 18.5 Å². The second-order valence-corrected chi connectivity index (χ2v) is 7.14. The molecule has 19 heavy (non-hydrogen) atoms. The standard InChI is InChI=1S/C9H12N4O4S2/c1-19(16,17)6-2-3-10-7-8(13(14)15)12-4-5-18-9(12)11-7/h4-5,10H,2-3,6H2,1H3. The van der Waals surface area contributed by atoms with Crippen molar-refractivity contribution < 1.29 is 13.3 Å². The van der Waals surface area contributed by atoms with Gasteiger partial charge in [-0.1, -0.05) is 11.3 Å². The summed E-state index contributed by atoms with van der Waals surface area (Å²) in [6, 6.07) is 0. The van der Waals surface area contributed by atoms with Gasteiger partial charge in [0.25, 0.3) is 4.96 Å². The van der Waals surface area contributed by atoms with Crippen molar-refractivity contribution in [3.05, 3.63) is 21.7 Å². The number of nitrogens with zero attached hydrogens (tertiary/aromatic N) is 3. The molecule has 104 valence electrons. The van der Waals surface area contributed by atoms with Gasteiger partial charge in [0, 0.05) is 18.2 Å². The molecule has 0 bridgehead atoms. The molecule has 0 aliphatic heterocycles. The zero-order chi connectivity index (χ0) is 14.0. The molecule has 0 spiro atoms. The Bertz CT molecular complexity index is 703. The fourth-order valence-electron chi connectivity index (χ4n) is 1.61. The average molecular weight is 304 g/mol. The molecule has 0 saturated heterocycles. The van der Waals surface area contributed by atoms with Gasteiger partial charge in [-0.2, -0.15) is 9.38 Å². The Morgan fingerprint density at radius 3 is 2.95 bits per heavy atom. The molecular formula is C9H12N4O4S2. The summed E-state index contributed by atoms with van der Waals surface area (Å²) in [5.41, 5.74) is 0. The van der Waals surface area contributed by atoms with E-state index in [1.165, 1.54) is 15.7 Å². The number of rotatable bonds is 6. The molecule has 2 aromatic rings. The highest BCUT2D eigenvalue weighted by atomic mass is 32.2. The van der Waals surface area contributed by atoms with Gasteiger partial charge < -0.3 is 15.4 Å². The predicted molar refractivity (Wildman–Crippen MR) is 72.5 cm³/mol. The average Bonchev–Trinajstić information content (AvgIpc) is 2.81. The number of anilines is 1. The molecule has 0 saturated carbocycles. The van der Waals surface area contributed by atoms with Crippen LogP contribution in [0.3, 0.4) is 0 Å². The monoisotopic (exact) mass is 304 g/mol. The first kappa shape index (κ1) is 13.7. The van der Waals surface area contributed by atoms with Crippen molar-refractivity contribution >= 4 is 37.8 Å². The molecule has 1 N–H and O–H groups in total. The first-order valence-electron chi connectivity index (χ1n) is 5.40. The van der Waals surface area contributed by atoms with Gasteiger partial charge in [0.1, 0.15) is 16.0 Å². The number of nitro groups is 1. The summed E-state index contributed by atoms with van der Waals surface area (Å²) in [6.07, 6.45) is 3.11. The third-order valence-electron chi connectivity index (χ3n) is 2.39. The van der Waals surface area contributed by atoms with E-state index in [0.717, 1.165) is 6.26 Å². The molecule has 10 heteroatoms. The van der Waals surface area contributed by atoms with Crippen molar-refractivity contribution in [2.24, 2.45) is 0 Å². The van der Waals surface area contributed by atoms with Crippen LogP contribution in [0.2, 0.25) is 0 Å². The summed E-state index contributed by atoms with van der Waals surface area (Å²) in [7, 11) is -3.02. The van der Waals surface area contributed by atoms with Crippen LogP contribution in [0.15, 0.2) is 11.6 Å². The SMILES string of the molecule is CS(=O)(=O)CCCNc1nc2sccn2c1[N+](=O)[O-]. The molecule has 0 aliphatic rings. The number of nitrogens with one attached hydrogen (secondary N) is 1. The highest BCUT2D eigenvalue weighted by molar-refractivity contribution is 7.90. The van der Waals surface area contributed by atoms with Crippen molar-refractivity contribution in [3.63, 3.8) is 0 Å². The maximum atomic E-state index is 11.0. The number of imidazole rings is 1. The molecule has 2 aromatic heterocycles. The summed E-state index contributed by atoms with van der Waals surface area (Å²) < 4.78 is 23.3. The van der Waals surface area contributed by atoms with Crippen molar-refractivity contribution in [3.8, 4) is 0 Å². The Morgan fingerprint density at radius 1 is 1.58 bits per heavy atom. The van der Waals surface area contributed by atoms with Crippen molar-refractivity contribution in [2.75, 3.05) is 23.9 Å². The number of fused-ring (bicyclic) bond motifs is 1. The first-order valence-corrected chi connectivity index (χ1v) is 8.34. The Labute approximate surface area is 113 Å². The molecule has 0 aromatic carbocycles. The van der Waals surface area contributed by atoms with Crippen LogP contribution in [-0.4, -0.2) is 41.3 Å². The van der Waals surface area contributed by atoms with E-state index < -0.39 is 14.8 Å². The van der Waals surface area contributed by atoms with Crippen LogP contribution in [0.1, 0.15) is 6.42 Å². The molecular weight excluding hydrogens is 292 g/mol. The Balaban J connectivity index is 2.10. The number of sulfone groups is 1. The van der Waals surface area contributed by atoms with E-state index in [-0.39, 0.29) is 17.4 Å². The second kappa shape index (κ2) is 5.13. The molecule has 2 rings (SSSR count). The van der Waals surface area contributed by atoms with Gasteiger partial charge in [-0.3, -0.25) is 0 Å². The molecule has 0 fully saturated rings. The lowest BCUT2D eigenvalue weighted by atomic mass is 10.4. The molecule has 0 amide bonds. The lowest BCUT2D eigenvalue weighted by Crippen LogP contribution is -2.10. The highest BCUT2D eigenvalue weighted by Gasteiger charge is 2.23. The number of hydrogen-bond acceptors (Lipinski definition) is 7. The van der Waals surface area contributed by atoms with Crippen molar-refractivity contribution in [1.29, 1.82) is 0 Å². The minimum atomic E-state index is -3.02. The maximum Gasteiger partial charge on any atom is 0.372 e. The lowest BCUT2D eigenvalue weighted by molar-refractivity contribution is -0.389. The fourth-order valence-corrected chi connectivity index (χ4v) is 2.99. The van der Waals surface area contributed by atoms with Gasteiger partial charge in [-0.25, -0.2) is 8.42 Å². The fraction of sp³-hybridized carbons (Fsp3) is 0.444. The predicted octanol–water partition coefficient (Wildman–Crippen LogP) is 1.15. The summed E-state index contributed by atoms with van der Waals surface area (Å²) in [5, 5.41) is 15.5. The van der Waals surface area contributed by atoms with E-state index >= 15 is 0 Å². The van der Waals surface area contributed by atoms with E-state index in [2.05, 4.69) is 10.3 Å². The topological polar surface area (TPSA) is 107 Å². The molecule has 0 atom stereocenters. The zero-order valence-electron chi connectivity index (χ0n) is 10.1. The van der Waals surface area contributed by atoms with E-state index in [0.29, 0.717) is 17.9 Å². The lowest BCUT2D eigenvalue weighted by Gasteiger charge is -2.02. The van der Waals surface area contributed by atoms with Gasteiger partial charge >= 0.3 is 5.82 Å². The van der Waals surface area contributed by atoms with E-state index in [4.69, 9.17) is 0 Å².